The first-order valence-corrected chi connectivity index (χ1v) is 7.62. The summed E-state index contributed by atoms with van der Waals surface area (Å²) in [6, 6.07) is 0. The molecule has 0 spiro atoms. The highest BCUT2D eigenvalue weighted by molar-refractivity contribution is 4.94. The van der Waals surface area contributed by atoms with Gasteiger partial charge in [-0.1, -0.05) is 18.6 Å². The van der Waals surface area contributed by atoms with Crippen molar-refractivity contribution in [2.24, 2.45) is 5.92 Å². The van der Waals surface area contributed by atoms with E-state index >= 15 is 0 Å². The van der Waals surface area contributed by atoms with Gasteiger partial charge in [-0.15, -0.1) is 0 Å². The lowest BCUT2D eigenvalue weighted by Crippen LogP contribution is -2.58. The zero-order valence-electron chi connectivity index (χ0n) is 13.4. The summed E-state index contributed by atoms with van der Waals surface area (Å²) in [5, 5.41) is 38.2. The lowest BCUT2D eigenvalue weighted by molar-refractivity contribution is -0.288. The molecule has 22 heavy (non-hydrogen) atoms. The maximum absolute atomic E-state index is 9.81. The normalized spacial score (nSPS) is 33.7. The van der Waals surface area contributed by atoms with Crippen LogP contribution in [0.15, 0.2) is 24.0 Å². The lowest BCUT2D eigenvalue weighted by Gasteiger charge is -2.39. The number of allylic oxidation sites excluding steroid dienone is 3. The lowest BCUT2D eigenvalue weighted by atomic mass is 9.99. The van der Waals surface area contributed by atoms with Crippen molar-refractivity contribution in [3.63, 3.8) is 0 Å². The van der Waals surface area contributed by atoms with E-state index in [9.17, 15) is 15.3 Å². The van der Waals surface area contributed by atoms with Gasteiger partial charge in [0.25, 0.3) is 0 Å². The predicted molar refractivity (Wildman–Crippen MR) is 81.8 cm³/mol. The van der Waals surface area contributed by atoms with Crippen LogP contribution in [0, 0.1) is 5.92 Å². The molecular weight excluding hydrogens is 288 g/mol. The van der Waals surface area contributed by atoms with Crippen molar-refractivity contribution in [3.05, 3.63) is 24.0 Å². The average Bonchev–Trinajstić information content (AvgIpc) is 2.47. The van der Waals surface area contributed by atoms with Gasteiger partial charge in [-0.3, -0.25) is 0 Å². The molecule has 1 aliphatic heterocycles. The minimum Gasteiger partial charge on any atom is -0.470 e. The second-order valence-corrected chi connectivity index (χ2v) is 6.00. The fraction of sp³-hybridized carbons (Fsp3) is 0.750. The molecular formula is C16H28O6. The molecule has 1 heterocycles. The fourth-order valence-corrected chi connectivity index (χ4v) is 2.17. The Morgan fingerprint density at radius 2 is 1.86 bits per heavy atom. The highest BCUT2D eigenvalue weighted by Gasteiger charge is 2.44. The van der Waals surface area contributed by atoms with Crippen LogP contribution < -0.4 is 0 Å². The summed E-state index contributed by atoms with van der Waals surface area (Å²) in [6.45, 7) is 5.70. The van der Waals surface area contributed by atoms with E-state index in [0.717, 1.165) is 12.8 Å². The van der Waals surface area contributed by atoms with Crippen LogP contribution in [0.5, 0.6) is 0 Å². The van der Waals surface area contributed by atoms with E-state index in [1.165, 1.54) is 11.8 Å². The van der Waals surface area contributed by atoms with Gasteiger partial charge in [0.2, 0.25) is 6.29 Å². The number of rotatable bonds is 7. The molecule has 0 aromatic carbocycles. The van der Waals surface area contributed by atoms with Crippen molar-refractivity contribution >= 4 is 0 Å². The van der Waals surface area contributed by atoms with Crippen LogP contribution in [0.25, 0.3) is 0 Å². The van der Waals surface area contributed by atoms with Gasteiger partial charge in [0.05, 0.1) is 12.9 Å². The molecule has 1 saturated heterocycles. The summed E-state index contributed by atoms with van der Waals surface area (Å²) in [5.41, 5.74) is 1.29. The number of aliphatic hydroxyl groups excluding tert-OH is 4. The predicted octanol–water partition coefficient (Wildman–Crippen LogP) is 0.699. The first kappa shape index (κ1) is 19.1. The molecule has 0 bridgehead atoms. The van der Waals surface area contributed by atoms with Gasteiger partial charge in [0.15, 0.2) is 0 Å². The largest absolute Gasteiger partial charge is 0.470 e. The molecule has 128 valence electrons. The fourth-order valence-electron chi connectivity index (χ4n) is 2.17. The maximum atomic E-state index is 9.81. The summed E-state index contributed by atoms with van der Waals surface area (Å²) in [6.07, 6.45) is 1.18. The van der Waals surface area contributed by atoms with E-state index in [2.05, 4.69) is 19.9 Å². The van der Waals surface area contributed by atoms with Crippen molar-refractivity contribution in [1.82, 2.24) is 0 Å². The third kappa shape index (κ3) is 5.70. The summed E-state index contributed by atoms with van der Waals surface area (Å²) < 4.78 is 10.5. The Kier molecular flexibility index (Phi) is 8.06. The van der Waals surface area contributed by atoms with Gasteiger partial charge < -0.3 is 29.9 Å². The zero-order valence-corrected chi connectivity index (χ0v) is 13.4. The Morgan fingerprint density at radius 3 is 2.45 bits per heavy atom. The Bertz CT molecular complexity index is 375. The van der Waals surface area contributed by atoms with E-state index in [4.69, 9.17) is 14.6 Å². The maximum Gasteiger partial charge on any atom is 0.228 e. The topological polar surface area (TPSA) is 99.4 Å². The zero-order chi connectivity index (χ0) is 16.7. The van der Waals surface area contributed by atoms with Crippen LogP contribution in [0.4, 0.5) is 0 Å². The molecule has 6 nitrogen and oxygen atoms in total. The molecule has 0 radical (unpaired) electrons. The third-order valence-corrected chi connectivity index (χ3v) is 3.64. The van der Waals surface area contributed by atoms with Crippen molar-refractivity contribution in [2.45, 2.75) is 64.3 Å². The number of hydrogen-bond donors (Lipinski definition) is 4. The van der Waals surface area contributed by atoms with Gasteiger partial charge >= 0.3 is 0 Å². The first-order valence-electron chi connectivity index (χ1n) is 7.62. The van der Waals surface area contributed by atoms with Crippen LogP contribution >= 0.6 is 0 Å². The summed E-state index contributed by atoms with van der Waals surface area (Å²) >= 11 is 0. The molecule has 0 aliphatic carbocycles. The molecule has 0 aromatic rings. The highest BCUT2D eigenvalue weighted by atomic mass is 16.7. The van der Waals surface area contributed by atoms with Gasteiger partial charge in [-0.2, -0.15) is 0 Å². The van der Waals surface area contributed by atoms with Crippen LogP contribution in [0.2, 0.25) is 0 Å². The monoisotopic (exact) mass is 316 g/mol. The summed E-state index contributed by atoms with van der Waals surface area (Å²) in [5.74, 6) is 0.292. The average molecular weight is 316 g/mol. The van der Waals surface area contributed by atoms with Gasteiger partial charge in [-0.25, -0.2) is 0 Å². The van der Waals surface area contributed by atoms with Crippen molar-refractivity contribution in [1.29, 1.82) is 0 Å². The summed E-state index contributed by atoms with van der Waals surface area (Å²) in [7, 11) is 0. The number of ether oxygens (including phenoxy) is 2. The van der Waals surface area contributed by atoms with Crippen LogP contribution in [-0.2, 0) is 9.47 Å². The van der Waals surface area contributed by atoms with Crippen molar-refractivity contribution in [2.75, 3.05) is 6.61 Å². The molecule has 0 unspecified atom stereocenters. The Balaban J connectivity index is 2.45. The molecule has 1 aliphatic rings. The van der Waals surface area contributed by atoms with E-state index in [1.807, 2.05) is 13.0 Å². The number of aliphatic hydroxyl groups is 4. The van der Waals surface area contributed by atoms with Crippen molar-refractivity contribution < 1.29 is 29.9 Å². The molecule has 0 aromatic heterocycles. The molecule has 1 rings (SSSR count). The minimum absolute atomic E-state index is 0.292. The van der Waals surface area contributed by atoms with Crippen LogP contribution in [-0.4, -0.2) is 57.7 Å². The first-order chi connectivity index (χ1) is 10.4. The van der Waals surface area contributed by atoms with Crippen LogP contribution in [0.3, 0.4) is 0 Å². The van der Waals surface area contributed by atoms with Crippen LogP contribution in [0.1, 0.15) is 33.6 Å². The second-order valence-electron chi connectivity index (χ2n) is 6.00. The van der Waals surface area contributed by atoms with Gasteiger partial charge in [-0.05, 0) is 38.7 Å². The molecule has 1 fully saturated rings. The quantitative estimate of drug-likeness (QED) is 0.408. The van der Waals surface area contributed by atoms with E-state index in [0.29, 0.717) is 5.92 Å². The molecule has 6 heteroatoms. The Hall–Kier alpha value is -0.920. The molecule has 0 saturated carbocycles. The Morgan fingerprint density at radius 1 is 1.18 bits per heavy atom. The summed E-state index contributed by atoms with van der Waals surface area (Å²) in [4.78, 5) is 0. The third-order valence-electron chi connectivity index (χ3n) is 3.64. The minimum atomic E-state index is -1.42. The molecule has 6 atom stereocenters. The molecule has 4 N–H and O–H groups in total. The highest BCUT2D eigenvalue weighted by Crippen LogP contribution is 2.22. The molecule has 0 amide bonds. The van der Waals surface area contributed by atoms with Gasteiger partial charge in [0.1, 0.15) is 24.4 Å². The second kappa shape index (κ2) is 9.27. The smallest absolute Gasteiger partial charge is 0.228 e. The van der Waals surface area contributed by atoms with Crippen molar-refractivity contribution in [3.8, 4) is 0 Å². The van der Waals surface area contributed by atoms with E-state index in [1.54, 1.807) is 0 Å². The SMILES string of the molecule is CC(C)=CCC[C@@H](C)C=CO[C@@H]1O[C@H](CO)[C@@H](O)[C@H](O)[C@H]1O. The standard InChI is InChI=1S/C16H28O6/c1-10(2)5-4-6-11(3)7-8-21-16-15(20)14(19)13(18)12(9-17)22-16/h5,7-8,11-20H,4,6,9H2,1-3H3/t11-,12-,13-,14+,15-,16-/m1/s1. The van der Waals surface area contributed by atoms with Gasteiger partial charge in [0, 0.05) is 0 Å². The van der Waals surface area contributed by atoms with E-state index in [-0.39, 0.29) is 0 Å². The number of hydrogen-bond acceptors (Lipinski definition) is 6. The van der Waals surface area contributed by atoms with E-state index < -0.39 is 37.3 Å². The Labute approximate surface area is 131 Å².